The van der Waals surface area contributed by atoms with Gasteiger partial charge in [-0.05, 0) is 55.8 Å². The Balaban J connectivity index is 0.000000251. The van der Waals surface area contributed by atoms with E-state index in [-0.39, 0.29) is 5.60 Å². The van der Waals surface area contributed by atoms with Crippen LogP contribution in [0.5, 0.6) is 0 Å². The summed E-state index contributed by atoms with van der Waals surface area (Å²) in [5.74, 6) is 0. The average molecular weight is 409 g/mol. The molecule has 0 aliphatic heterocycles. The van der Waals surface area contributed by atoms with E-state index in [1.165, 1.54) is 6.20 Å². The molecule has 0 fully saturated rings. The number of ether oxygens (including phenoxy) is 2. The minimum Gasteiger partial charge on any atom is -0.374 e. The van der Waals surface area contributed by atoms with Gasteiger partial charge < -0.3 is 9.47 Å². The molecule has 0 aromatic carbocycles. The lowest BCUT2D eigenvalue weighted by atomic mass is 9.99. The van der Waals surface area contributed by atoms with Crippen molar-refractivity contribution in [1.29, 1.82) is 0 Å². The van der Waals surface area contributed by atoms with Gasteiger partial charge in [0.2, 0.25) is 0 Å². The van der Waals surface area contributed by atoms with Gasteiger partial charge in [0.15, 0.2) is 6.29 Å². The second kappa shape index (κ2) is 9.17. The van der Waals surface area contributed by atoms with Crippen LogP contribution >= 0.6 is 15.9 Å². The Hall–Kier alpha value is -1.63. The van der Waals surface area contributed by atoms with E-state index in [4.69, 9.17) is 9.47 Å². The Morgan fingerprint density at radius 3 is 1.80 bits per heavy atom. The van der Waals surface area contributed by atoms with Crippen LogP contribution in [0, 0.1) is 0 Å². The molecule has 0 unspecified atom stereocenters. The van der Waals surface area contributed by atoms with Crippen molar-refractivity contribution in [2.24, 2.45) is 0 Å². The molecule has 2 heterocycles. The number of hydrogen-bond acceptors (Lipinski definition) is 5. The summed E-state index contributed by atoms with van der Waals surface area (Å²) in [5, 5.41) is 0. The van der Waals surface area contributed by atoms with Crippen molar-refractivity contribution in [3.05, 3.63) is 58.1 Å². The highest BCUT2D eigenvalue weighted by molar-refractivity contribution is 9.10. The number of pyridine rings is 2. The van der Waals surface area contributed by atoms with Crippen LogP contribution in [0.3, 0.4) is 0 Å². The Labute approximate surface area is 157 Å². The molecule has 0 amide bonds. The van der Waals surface area contributed by atoms with Crippen molar-refractivity contribution >= 4 is 22.2 Å². The van der Waals surface area contributed by atoms with Gasteiger partial charge in [0.25, 0.3) is 0 Å². The summed E-state index contributed by atoms with van der Waals surface area (Å²) in [7, 11) is 3.33. The lowest BCUT2D eigenvalue weighted by Crippen LogP contribution is -2.19. The van der Waals surface area contributed by atoms with E-state index in [0.29, 0.717) is 5.56 Å². The van der Waals surface area contributed by atoms with Crippen LogP contribution in [0.2, 0.25) is 0 Å². The van der Waals surface area contributed by atoms with Crippen LogP contribution in [-0.4, -0.2) is 30.5 Å². The Morgan fingerprint density at radius 2 is 1.36 bits per heavy atom. The quantitative estimate of drug-likeness (QED) is 0.681. The van der Waals surface area contributed by atoms with E-state index >= 15 is 0 Å². The molecule has 136 valence electrons. The van der Waals surface area contributed by atoms with Crippen molar-refractivity contribution < 1.29 is 14.3 Å². The highest BCUT2D eigenvalue weighted by Crippen LogP contribution is 2.25. The maximum absolute atomic E-state index is 10.5. The molecule has 0 radical (unpaired) electrons. The predicted octanol–water partition coefficient (Wildman–Crippen LogP) is 4.50. The number of aldehydes is 1. The first-order chi connectivity index (χ1) is 11.7. The smallest absolute Gasteiger partial charge is 0.151 e. The first-order valence-corrected chi connectivity index (χ1v) is 8.57. The molecule has 2 aromatic rings. The van der Waals surface area contributed by atoms with Crippen LogP contribution in [0.4, 0.5) is 0 Å². The molecule has 2 aromatic heterocycles. The first-order valence-electron chi connectivity index (χ1n) is 7.78. The highest BCUT2D eigenvalue weighted by atomic mass is 79.9. The summed E-state index contributed by atoms with van der Waals surface area (Å²) in [6.07, 6.45) is 7.59. The molecule has 0 saturated carbocycles. The Kier molecular flexibility index (Phi) is 7.86. The summed E-state index contributed by atoms with van der Waals surface area (Å²) in [6, 6.07) is 3.79. The van der Waals surface area contributed by atoms with Gasteiger partial charge in [-0.3, -0.25) is 14.8 Å². The molecule has 25 heavy (non-hydrogen) atoms. The third-order valence-corrected chi connectivity index (χ3v) is 4.45. The van der Waals surface area contributed by atoms with E-state index in [2.05, 4.69) is 25.9 Å². The number of methoxy groups -OCH3 is 2. The first kappa shape index (κ1) is 21.4. The zero-order valence-electron chi connectivity index (χ0n) is 15.5. The van der Waals surface area contributed by atoms with E-state index in [1.807, 2.05) is 40.0 Å². The summed E-state index contributed by atoms with van der Waals surface area (Å²) in [4.78, 5) is 18.5. The van der Waals surface area contributed by atoms with Gasteiger partial charge in [0.05, 0.1) is 11.2 Å². The van der Waals surface area contributed by atoms with Crippen LogP contribution < -0.4 is 0 Å². The molecule has 0 N–H and O–H groups in total. The van der Waals surface area contributed by atoms with Crippen LogP contribution in [0.25, 0.3) is 0 Å². The lowest BCUT2D eigenvalue weighted by molar-refractivity contribution is 0.0187. The third kappa shape index (κ3) is 6.30. The van der Waals surface area contributed by atoms with Crippen LogP contribution in [0.15, 0.2) is 41.4 Å². The van der Waals surface area contributed by atoms with Crippen molar-refractivity contribution in [2.75, 3.05) is 14.2 Å². The molecule has 0 aliphatic rings. The molecule has 2 rings (SSSR count). The summed E-state index contributed by atoms with van der Waals surface area (Å²) < 4.78 is 11.6. The van der Waals surface area contributed by atoms with Crippen molar-refractivity contribution in [1.82, 2.24) is 9.97 Å². The zero-order chi connectivity index (χ0) is 19.1. The second-order valence-electron chi connectivity index (χ2n) is 6.45. The number of aromatic nitrogens is 2. The number of hydrogen-bond donors (Lipinski definition) is 0. The van der Waals surface area contributed by atoms with Gasteiger partial charge in [-0.2, -0.15) is 0 Å². The van der Waals surface area contributed by atoms with Gasteiger partial charge in [-0.1, -0.05) is 0 Å². The number of nitrogens with zero attached hydrogens (tertiary/aromatic N) is 2. The number of halogens is 1. The SMILES string of the molecule is COC(C)(C)c1cncc(Br)c1.COC(C)(C)c1cncc(C=O)c1. The summed E-state index contributed by atoms with van der Waals surface area (Å²) in [5.41, 5.74) is 1.88. The molecule has 0 atom stereocenters. The van der Waals surface area contributed by atoms with Crippen LogP contribution in [0.1, 0.15) is 49.2 Å². The predicted molar refractivity (Wildman–Crippen MR) is 102 cm³/mol. The molecule has 0 aliphatic carbocycles. The minimum atomic E-state index is -0.397. The Bertz CT molecular complexity index is 703. The second-order valence-corrected chi connectivity index (χ2v) is 7.36. The fourth-order valence-corrected chi connectivity index (χ4v) is 2.19. The molecular weight excluding hydrogens is 384 g/mol. The van der Waals surface area contributed by atoms with E-state index in [0.717, 1.165) is 21.9 Å². The van der Waals surface area contributed by atoms with Crippen molar-refractivity contribution in [2.45, 2.75) is 38.9 Å². The molecule has 0 spiro atoms. The standard InChI is InChI=1S/C10H13NO2.C9H12BrNO/c1-10(2,13-3)9-4-8(7-12)5-11-6-9;1-9(2,12-3)7-4-8(10)6-11-5-7/h4-7H,1-3H3;4-6H,1-3H3. The topological polar surface area (TPSA) is 61.3 Å². The van der Waals surface area contributed by atoms with Crippen molar-refractivity contribution in [3.63, 3.8) is 0 Å². The van der Waals surface area contributed by atoms with E-state index in [1.54, 1.807) is 32.7 Å². The van der Waals surface area contributed by atoms with Gasteiger partial charge in [0.1, 0.15) is 0 Å². The van der Waals surface area contributed by atoms with Gasteiger partial charge >= 0.3 is 0 Å². The number of carbonyl (C=O) groups excluding carboxylic acids is 1. The third-order valence-electron chi connectivity index (χ3n) is 4.01. The normalized spacial score (nSPS) is 11.5. The van der Waals surface area contributed by atoms with E-state index < -0.39 is 5.60 Å². The largest absolute Gasteiger partial charge is 0.374 e. The van der Waals surface area contributed by atoms with Gasteiger partial charge in [-0.25, -0.2) is 0 Å². The van der Waals surface area contributed by atoms with Gasteiger partial charge in [0, 0.05) is 60.2 Å². The molecule has 5 nitrogen and oxygen atoms in total. The van der Waals surface area contributed by atoms with Crippen LogP contribution in [-0.2, 0) is 20.7 Å². The summed E-state index contributed by atoms with van der Waals surface area (Å²) >= 11 is 3.37. The van der Waals surface area contributed by atoms with Gasteiger partial charge in [-0.15, -0.1) is 0 Å². The van der Waals surface area contributed by atoms with Crippen molar-refractivity contribution in [3.8, 4) is 0 Å². The molecular formula is C19H25BrN2O3. The zero-order valence-corrected chi connectivity index (χ0v) is 17.1. The fraction of sp³-hybridized carbons (Fsp3) is 0.421. The monoisotopic (exact) mass is 408 g/mol. The maximum Gasteiger partial charge on any atom is 0.151 e. The molecule has 0 saturated heterocycles. The maximum atomic E-state index is 10.5. The minimum absolute atomic E-state index is 0.267. The highest BCUT2D eigenvalue weighted by Gasteiger charge is 2.20. The van der Waals surface area contributed by atoms with E-state index in [9.17, 15) is 4.79 Å². The molecule has 0 bridgehead atoms. The lowest BCUT2D eigenvalue weighted by Gasteiger charge is -2.22. The number of rotatable bonds is 5. The summed E-state index contributed by atoms with van der Waals surface area (Å²) in [6.45, 7) is 7.88. The number of carbonyl (C=O) groups is 1. The average Bonchev–Trinajstić information content (AvgIpc) is 2.62. The fourth-order valence-electron chi connectivity index (χ4n) is 1.83. The molecule has 6 heteroatoms. The Morgan fingerprint density at radius 1 is 0.880 bits per heavy atom.